The quantitative estimate of drug-likeness (QED) is 0.838. The third kappa shape index (κ3) is 4.71. The fourth-order valence-electron chi connectivity index (χ4n) is 1.94. The smallest absolute Gasteiger partial charge is 0.243 e. The zero-order chi connectivity index (χ0) is 18.6. The number of hydrogen-bond donors (Lipinski definition) is 1. The molecule has 0 radical (unpaired) electrons. The average Bonchev–Trinajstić information content (AvgIpc) is 2.58. The van der Waals surface area contributed by atoms with Gasteiger partial charge >= 0.3 is 0 Å². The third-order valence-electron chi connectivity index (χ3n) is 3.26. The molecule has 9 heteroatoms. The summed E-state index contributed by atoms with van der Waals surface area (Å²) in [6.07, 6.45) is 0. The van der Waals surface area contributed by atoms with E-state index in [0.717, 1.165) is 4.31 Å². The maximum Gasteiger partial charge on any atom is 0.243 e. The van der Waals surface area contributed by atoms with Gasteiger partial charge in [-0.05, 0) is 42.5 Å². The molecule has 0 spiro atoms. The Bertz CT molecular complexity index is 938. The molecule has 0 unspecified atom stereocenters. The van der Waals surface area contributed by atoms with E-state index in [1.54, 1.807) is 6.07 Å². The first kappa shape index (κ1) is 19.2. The van der Waals surface area contributed by atoms with E-state index >= 15 is 0 Å². The van der Waals surface area contributed by atoms with E-state index in [-0.39, 0.29) is 16.5 Å². The van der Waals surface area contributed by atoms with Gasteiger partial charge in [-0.3, -0.25) is 4.79 Å². The topological polar surface area (TPSA) is 90.3 Å². The Kier molecular flexibility index (Phi) is 6.03. The third-order valence-corrected chi connectivity index (χ3v) is 5.82. The van der Waals surface area contributed by atoms with E-state index in [4.69, 9.17) is 28.5 Å². The monoisotopic (exact) mass is 397 g/mol. The van der Waals surface area contributed by atoms with Crippen molar-refractivity contribution >= 4 is 44.8 Å². The van der Waals surface area contributed by atoms with Crippen molar-refractivity contribution in [3.8, 4) is 6.07 Å². The minimum atomic E-state index is -3.85. The molecule has 0 aromatic heterocycles. The summed E-state index contributed by atoms with van der Waals surface area (Å²) in [5, 5.41) is 11.9. The molecule has 2 rings (SSSR count). The van der Waals surface area contributed by atoms with Crippen LogP contribution in [0.4, 0.5) is 5.69 Å². The molecule has 0 aliphatic heterocycles. The summed E-state index contributed by atoms with van der Waals surface area (Å²) >= 11 is 11.7. The molecule has 1 amide bonds. The Morgan fingerprint density at radius 3 is 2.36 bits per heavy atom. The summed E-state index contributed by atoms with van der Waals surface area (Å²) in [6, 6.07) is 11.9. The van der Waals surface area contributed by atoms with E-state index in [1.165, 1.54) is 43.4 Å². The molecule has 6 nitrogen and oxygen atoms in total. The second-order valence-electron chi connectivity index (χ2n) is 5.07. The number of likely N-dealkylation sites (N-methyl/N-ethyl adjacent to an activating group) is 1. The molecule has 0 saturated carbocycles. The maximum absolute atomic E-state index is 12.4. The lowest BCUT2D eigenvalue weighted by molar-refractivity contribution is -0.116. The van der Waals surface area contributed by atoms with Crippen LogP contribution in [0.1, 0.15) is 5.56 Å². The van der Waals surface area contributed by atoms with Gasteiger partial charge in [0.15, 0.2) is 0 Å². The van der Waals surface area contributed by atoms with Gasteiger partial charge in [-0.1, -0.05) is 23.2 Å². The highest BCUT2D eigenvalue weighted by atomic mass is 35.5. The van der Waals surface area contributed by atoms with Crippen LogP contribution in [-0.4, -0.2) is 32.2 Å². The average molecular weight is 398 g/mol. The Morgan fingerprint density at radius 2 is 1.80 bits per heavy atom. The van der Waals surface area contributed by atoms with Gasteiger partial charge in [0.1, 0.15) is 0 Å². The van der Waals surface area contributed by atoms with E-state index in [9.17, 15) is 13.2 Å². The van der Waals surface area contributed by atoms with Crippen LogP contribution in [0.25, 0.3) is 0 Å². The van der Waals surface area contributed by atoms with Gasteiger partial charge in [-0.15, -0.1) is 0 Å². The molecular formula is C16H13Cl2N3O3S. The molecule has 0 fully saturated rings. The molecule has 2 aromatic rings. The molecule has 25 heavy (non-hydrogen) atoms. The SMILES string of the molecule is CN(CC(=O)Nc1ccc(Cl)c(Cl)c1)S(=O)(=O)c1ccc(C#N)cc1. The standard InChI is InChI=1S/C16H13Cl2N3O3S/c1-21(25(23,24)13-5-2-11(9-19)3-6-13)10-16(22)20-12-4-7-14(17)15(18)8-12/h2-8H,10H2,1H3,(H,20,22). The van der Waals surface area contributed by atoms with Crippen LogP contribution in [0.5, 0.6) is 0 Å². The van der Waals surface area contributed by atoms with Crippen molar-refractivity contribution in [2.75, 3.05) is 18.9 Å². The van der Waals surface area contributed by atoms with Crippen LogP contribution in [0.2, 0.25) is 10.0 Å². The first-order chi connectivity index (χ1) is 11.7. The molecule has 2 aromatic carbocycles. The van der Waals surface area contributed by atoms with E-state index < -0.39 is 15.9 Å². The van der Waals surface area contributed by atoms with E-state index in [2.05, 4.69) is 5.32 Å². The Hall–Kier alpha value is -2.11. The van der Waals surface area contributed by atoms with Gasteiger partial charge < -0.3 is 5.32 Å². The fraction of sp³-hybridized carbons (Fsp3) is 0.125. The predicted molar refractivity (Wildman–Crippen MR) is 96.1 cm³/mol. The Morgan fingerprint density at radius 1 is 1.16 bits per heavy atom. The minimum absolute atomic E-state index is 0.00339. The van der Waals surface area contributed by atoms with E-state index in [0.29, 0.717) is 16.3 Å². The lowest BCUT2D eigenvalue weighted by Crippen LogP contribution is -2.34. The van der Waals surface area contributed by atoms with Gasteiger partial charge in [-0.25, -0.2) is 8.42 Å². The molecular weight excluding hydrogens is 385 g/mol. The highest BCUT2D eigenvalue weighted by molar-refractivity contribution is 7.89. The highest BCUT2D eigenvalue weighted by Crippen LogP contribution is 2.25. The van der Waals surface area contributed by atoms with Gasteiger partial charge in [0, 0.05) is 12.7 Å². The van der Waals surface area contributed by atoms with Gasteiger partial charge in [0.2, 0.25) is 15.9 Å². The van der Waals surface area contributed by atoms with Crippen molar-refractivity contribution in [1.29, 1.82) is 5.26 Å². The van der Waals surface area contributed by atoms with Gasteiger partial charge in [0.05, 0.1) is 33.1 Å². The molecule has 0 bridgehead atoms. The summed E-state index contributed by atoms with van der Waals surface area (Å²) < 4.78 is 25.8. The van der Waals surface area contributed by atoms with Crippen LogP contribution in [0.3, 0.4) is 0 Å². The number of rotatable bonds is 5. The second-order valence-corrected chi connectivity index (χ2v) is 7.93. The molecule has 0 saturated heterocycles. The van der Waals surface area contributed by atoms with Crippen LogP contribution in [0.15, 0.2) is 47.4 Å². The van der Waals surface area contributed by atoms with Crippen LogP contribution >= 0.6 is 23.2 Å². The molecule has 0 atom stereocenters. The van der Waals surface area contributed by atoms with Crippen molar-refractivity contribution in [2.24, 2.45) is 0 Å². The number of sulfonamides is 1. The molecule has 1 N–H and O–H groups in total. The summed E-state index contributed by atoms with van der Waals surface area (Å²) in [5.41, 5.74) is 0.752. The van der Waals surface area contributed by atoms with Gasteiger partial charge in [0.25, 0.3) is 0 Å². The van der Waals surface area contributed by atoms with Crippen molar-refractivity contribution in [1.82, 2.24) is 4.31 Å². The van der Waals surface area contributed by atoms with Crippen molar-refractivity contribution in [2.45, 2.75) is 4.90 Å². The number of nitrogens with zero attached hydrogens (tertiary/aromatic N) is 2. The zero-order valence-corrected chi connectivity index (χ0v) is 15.4. The largest absolute Gasteiger partial charge is 0.325 e. The van der Waals surface area contributed by atoms with Crippen molar-refractivity contribution in [3.05, 3.63) is 58.1 Å². The van der Waals surface area contributed by atoms with Crippen LogP contribution in [-0.2, 0) is 14.8 Å². The number of carbonyl (C=O) groups is 1. The van der Waals surface area contributed by atoms with Crippen molar-refractivity contribution in [3.63, 3.8) is 0 Å². The zero-order valence-electron chi connectivity index (χ0n) is 13.0. The number of amides is 1. The predicted octanol–water partition coefficient (Wildman–Crippen LogP) is 3.12. The van der Waals surface area contributed by atoms with Crippen molar-refractivity contribution < 1.29 is 13.2 Å². The number of halogens is 2. The Labute approximate surface area is 155 Å². The maximum atomic E-state index is 12.4. The number of hydrogen-bond acceptors (Lipinski definition) is 4. The second kappa shape index (κ2) is 7.85. The number of nitriles is 1. The van der Waals surface area contributed by atoms with E-state index in [1.807, 2.05) is 6.07 Å². The number of nitrogens with one attached hydrogen (secondary N) is 1. The number of benzene rings is 2. The normalized spacial score (nSPS) is 11.2. The first-order valence-electron chi connectivity index (χ1n) is 6.95. The van der Waals surface area contributed by atoms with Crippen LogP contribution < -0.4 is 5.32 Å². The highest BCUT2D eigenvalue weighted by Gasteiger charge is 2.23. The van der Waals surface area contributed by atoms with Gasteiger partial charge in [-0.2, -0.15) is 9.57 Å². The number of carbonyl (C=O) groups excluding carboxylic acids is 1. The summed E-state index contributed by atoms with van der Waals surface area (Å²) in [4.78, 5) is 12.1. The van der Waals surface area contributed by atoms with Crippen LogP contribution in [0, 0.1) is 11.3 Å². The summed E-state index contributed by atoms with van der Waals surface area (Å²) in [6.45, 7) is -0.386. The molecule has 0 heterocycles. The minimum Gasteiger partial charge on any atom is -0.325 e. The lowest BCUT2D eigenvalue weighted by Gasteiger charge is -2.17. The molecule has 0 aliphatic rings. The Balaban J connectivity index is 2.08. The molecule has 130 valence electrons. The molecule has 0 aliphatic carbocycles. The summed E-state index contributed by atoms with van der Waals surface area (Å²) in [7, 11) is -2.56. The first-order valence-corrected chi connectivity index (χ1v) is 9.15. The lowest BCUT2D eigenvalue weighted by atomic mass is 10.2. The summed E-state index contributed by atoms with van der Waals surface area (Å²) in [5.74, 6) is -0.530. The fourth-order valence-corrected chi connectivity index (χ4v) is 3.37. The number of anilines is 1.